The molecule has 0 saturated heterocycles. The second kappa shape index (κ2) is 3.80. The predicted molar refractivity (Wildman–Crippen MR) is 68.5 cm³/mol. The largest absolute Gasteiger partial charge is 0.349 e. The van der Waals surface area contributed by atoms with Crippen LogP contribution in [0.5, 0.6) is 0 Å². The minimum atomic E-state index is -0.261. The fourth-order valence-corrected chi connectivity index (χ4v) is 2.10. The predicted octanol–water partition coefficient (Wildman–Crippen LogP) is 1.70. The number of hydrogen-bond donors (Lipinski definition) is 1. The maximum atomic E-state index is 11.8. The van der Waals surface area contributed by atoms with Crippen molar-refractivity contribution in [3.8, 4) is 11.1 Å². The van der Waals surface area contributed by atoms with Crippen LogP contribution in [0, 0.1) is 13.8 Å². The highest BCUT2D eigenvalue weighted by atomic mass is 16.1. The van der Waals surface area contributed by atoms with Gasteiger partial charge in [0.1, 0.15) is 5.82 Å². The van der Waals surface area contributed by atoms with Gasteiger partial charge in [0, 0.05) is 5.56 Å². The first-order valence-electron chi connectivity index (χ1n) is 5.68. The molecule has 0 radical (unpaired) electrons. The van der Waals surface area contributed by atoms with Crippen molar-refractivity contribution >= 4 is 5.65 Å². The van der Waals surface area contributed by atoms with Crippen molar-refractivity contribution in [3.63, 3.8) is 0 Å². The van der Waals surface area contributed by atoms with E-state index in [0.717, 1.165) is 16.8 Å². The van der Waals surface area contributed by atoms with Gasteiger partial charge in [0.05, 0.1) is 5.69 Å². The van der Waals surface area contributed by atoms with Crippen LogP contribution < -0.4 is 5.69 Å². The number of aryl methyl sites for hydroxylation is 2. The van der Waals surface area contributed by atoms with E-state index in [1.165, 1.54) is 4.52 Å². The van der Waals surface area contributed by atoms with E-state index in [2.05, 4.69) is 15.1 Å². The van der Waals surface area contributed by atoms with E-state index in [1.54, 1.807) is 6.92 Å². The van der Waals surface area contributed by atoms with Gasteiger partial charge in [0.15, 0.2) is 5.65 Å². The molecule has 0 amide bonds. The van der Waals surface area contributed by atoms with Crippen LogP contribution in [0.25, 0.3) is 16.8 Å². The van der Waals surface area contributed by atoms with Crippen LogP contribution in [-0.2, 0) is 0 Å². The van der Waals surface area contributed by atoms with Gasteiger partial charge in [0.2, 0.25) is 0 Å². The Labute approximate surface area is 103 Å². The van der Waals surface area contributed by atoms with E-state index in [1.807, 2.05) is 37.3 Å². The van der Waals surface area contributed by atoms with Gasteiger partial charge in [-0.25, -0.2) is 9.78 Å². The number of fused-ring (bicyclic) bond motifs is 1. The lowest BCUT2D eigenvalue weighted by molar-refractivity contribution is 0.810. The first-order chi connectivity index (χ1) is 8.66. The topological polar surface area (TPSA) is 63.1 Å². The maximum absolute atomic E-state index is 11.8. The molecule has 0 fully saturated rings. The Hall–Kier alpha value is -2.43. The van der Waals surface area contributed by atoms with Crippen molar-refractivity contribution in [2.45, 2.75) is 13.8 Å². The number of rotatable bonds is 1. The maximum Gasteiger partial charge on any atom is 0.349 e. The Morgan fingerprint density at radius 3 is 2.61 bits per heavy atom. The quantitative estimate of drug-likeness (QED) is 0.704. The number of hydrogen-bond acceptors (Lipinski definition) is 3. The highest BCUT2D eigenvalue weighted by Crippen LogP contribution is 2.25. The smallest absolute Gasteiger partial charge is 0.294 e. The lowest BCUT2D eigenvalue weighted by Gasteiger charge is -2.00. The molecule has 90 valence electrons. The lowest BCUT2D eigenvalue weighted by atomic mass is 10.1. The lowest BCUT2D eigenvalue weighted by Crippen LogP contribution is -2.19. The molecule has 0 aliphatic carbocycles. The Balaban J connectivity index is 2.43. The van der Waals surface area contributed by atoms with Gasteiger partial charge in [-0.15, -0.1) is 0 Å². The van der Waals surface area contributed by atoms with E-state index >= 15 is 0 Å². The standard InChI is InChI=1S/C13H12N4O/c1-8-11(10-6-4-3-5-7-10)12-14-9(2)15-13(18)17(12)16-8/h3-7H,1-2H3,(H,14,15,18). The second-order valence-corrected chi connectivity index (χ2v) is 4.19. The third-order valence-electron chi connectivity index (χ3n) is 2.85. The molecule has 5 heteroatoms. The van der Waals surface area contributed by atoms with Crippen LogP contribution in [0.15, 0.2) is 35.1 Å². The van der Waals surface area contributed by atoms with Gasteiger partial charge in [-0.1, -0.05) is 30.3 Å². The third-order valence-corrected chi connectivity index (χ3v) is 2.85. The highest BCUT2D eigenvalue weighted by Gasteiger charge is 2.14. The molecule has 0 spiro atoms. The number of benzene rings is 1. The van der Waals surface area contributed by atoms with Crippen LogP contribution in [0.4, 0.5) is 0 Å². The minimum Gasteiger partial charge on any atom is -0.294 e. The summed E-state index contributed by atoms with van der Waals surface area (Å²) in [5.74, 6) is 0.588. The molecule has 5 nitrogen and oxygen atoms in total. The molecule has 0 unspecified atom stereocenters. The molecule has 0 aliphatic heterocycles. The molecular weight excluding hydrogens is 228 g/mol. The normalized spacial score (nSPS) is 11.0. The minimum absolute atomic E-state index is 0.261. The Kier molecular flexibility index (Phi) is 2.26. The van der Waals surface area contributed by atoms with E-state index in [4.69, 9.17) is 0 Å². The van der Waals surface area contributed by atoms with Crippen LogP contribution in [0.3, 0.4) is 0 Å². The van der Waals surface area contributed by atoms with Crippen molar-refractivity contribution in [2.24, 2.45) is 0 Å². The van der Waals surface area contributed by atoms with Crippen molar-refractivity contribution < 1.29 is 0 Å². The van der Waals surface area contributed by atoms with Crippen molar-refractivity contribution in [3.05, 3.63) is 52.3 Å². The zero-order valence-electron chi connectivity index (χ0n) is 10.1. The molecule has 3 rings (SSSR count). The second-order valence-electron chi connectivity index (χ2n) is 4.19. The number of aromatic amines is 1. The summed E-state index contributed by atoms with van der Waals surface area (Å²) in [7, 11) is 0. The molecule has 18 heavy (non-hydrogen) atoms. The molecule has 2 aromatic heterocycles. The van der Waals surface area contributed by atoms with Gasteiger partial charge in [0.25, 0.3) is 0 Å². The van der Waals surface area contributed by atoms with E-state index < -0.39 is 0 Å². The van der Waals surface area contributed by atoms with Crippen LogP contribution in [0.1, 0.15) is 11.5 Å². The first-order valence-corrected chi connectivity index (χ1v) is 5.68. The van der Waals surface area contributed by atoms with Crippen molar-refractivity contribution in [1.82, 2.24) is 19.6 Å². The van der Waals surface area contributed by atoms with Gasteiger partial charge in [-0.05, 0) is 19.4 Å². The molecule has 0 saturated carbocycles. The van der Waals surface area contributed by atoms with Gasteiger partial charge < -0.3 is 0 Å². The first kappa shape index (κ1) is 10.7. The summed E-state index contributed by atoms with van der Waals surface area (Å²) >= 11 is 0. The number of nitrogens with one attached hydrogen (secondary N) is 1. The molecule has 0 bridgehead atoms. The number of aromatic nitrogens is 4. The zero-order chi connectivity index (χ0) is 12.7. The monoisotopic (exact) mass is 240 g/mol. The van der Waals surface area contributed by atoms with Crippen molar-refractivity contribution in [2.75, 3.05) is 0 Å². The van der Waals surface area contributed by atoms with E-state index in [9.17, 15) is 4.79 Å². The number of H-pyrrole nitrogens is 1. The molecule has 0 aliphatic rings. The van der Waals surface area contributed by atoms with Gasteiger partial charge in [-0.2, -0.15) is 9.61 Å². The zero-order valence-corrected chi connectivity index (χ0v) is 10.1. The summed E-state index contributed by atoms with van der Waals surface area (Å²) < 4.78 is 1.31. The fourth-order valence-electron chi connectivity index (χ4n) is 2.10. The summed E-state index contributed by atoms with van der Waals surface area (Å²) in [5, 5.41) is 4.24. The molecule has 2 heterocycles. The van der Waals surface area contributed by atoms with Crippen LogP contribution in [-0.4, -0.2) is 19.6 Å². The third kappa shape index (κ3) is 1.52. The summed E-state index contributed by atoms with van der Waals surface area (Å²) in [6.07, 6.45) is 0. The molecule has 1 aromatic carbocycles. The molecular formula is C13H12N4O. The van der Waals surface area contributed by atoms with Gasteiger partial charge in [-0.3, -0.25) is 4.98 Å². The van der Waals surface area contributed by atoms with Crippen molar-refractivity contribution in [1.29, 1.82) is 0 Å². The van der Waals surface area contributed by atoms with Crippen LogP contribution in [0.2, 0.25) is 0 Å². The fraction of sp³-hybridized carbons (Fsp3) is 0.154. The number of nitrogens with zero attached hydrogens (tertiary/aromatic N) is 3. The highest BCUT2D eigenvalue weighted by molar-refractivity contribution is 5.79. The summed E-state index contributed by atoms with van der Waals surface area (Å²) in [5.41, 5.74) is 3.06. The average molecular weight is 240 g/mol. The Bertz CT molecular complexity index is 771. The average Bonchev–Trinajstić information content (AvgIpc) is 2.67. The summed E-state index contributed by atoms with van der Waals surface area (Å²) in [6, 6.07) is 9.84. The molecule has 1 N–H and O–H groups in total. The Morgan fingerprint density at radius 2 is 1.89 bits per heavy atom. The van der Waals surface area contributed by atoms with E-state index in [-0.39, 0.29) is 5.69 Å². The van der Waals surface area contributed by atoms with Crippen LogP contribution >= 0.6 is 0 Å². The Morgan fingerprint density at radius 1 is 1.17 bits per heavy atom. The SMILES string of the molecule is Cc1nc2c(-c3ccccc3)c(C)nn2c(=O)[nH]1. The van der Waals surface area contributed by atoms with E-state index in [0.29, 0.717) is 11.5 Å². The molecule has 3 aromatic rings. The molecule has 0 atom stereocenters. The van der Waals surface area contributed by atoms with Gasteiger partial charge >= 0.3 is 5.69 Å². The summed E-state index contributed by atoms with van der Waals surface area (Å²) in [6.45, 7) is 3.64. The summed E-state index contributed by atoms with van der Waals surface area (Å²) in [4.78, 5) is 18.8.